The van der Waals surface area contributed by atoms with E-state index in [1.807, 2.05) is 53.4 Å². The van der Waals surface area contributed by atoms with Crippen LogP contribution in [0.1, 0.15) is 54.1 Å². The summed E-state index contributed by atoms with van der Waals surface area (Å²) in [6.07, 6.45) is 4.39. The first-order chi connectivity index (χ1) is 14.1. The third kappa shape index (κ3) is 3.48. The van der Waals surface area contributed by atoms with Gasteiger partial charge in [-0.15, -0.1) is 0 Å². The fourth-order valence-electron chi connectivity index (χ4n) is 5.18. The minimum Gasteiger partial charge on any atom is -0.496 e. The van der Waals surface area contributed by atoms with Gasteiger partial charge in [0, 0.05) is 18.0 Å². The van der Waals surface area contributed by atoms with Gasteiger partial charge >= 0.3 is 0 Å². The molecule has 154 valence electrons. The van der Waals surface area contributed by atoms with Gasteiger partial charge in [-0.05, 0) is 37.5 Å². The molecule has 4 rings (SSSR count). The molecule has 3 atom stereocenters. The molecule has 0 unspecified atom stereocenters. The van der Waals surface area contributed by atoms with Crippen molar-refractivity contribution in [2.45, 2.75) is 43.7 Å². The zero-order valence-electron chi connectivity index (χ0n) is 17.1. The van der Waals surface area contributed by atoms with Gasteiger partial charge in [0.05, 0.1) is 31.4 Å². The summed E-state index contributed by atoms with van der Waals surface area (Å²) in [6.45, 7) is 0.507. The molecule has 0 radical (unpaired) electrons. The number of fused-ring (bicyclic) bond motifs is 1. The number of hydrogen-bond acceptors (Lipinski definition) is 4. The minimum absolute atomic E-state index is 0.0139. The van der Waals surface area contributed by atoms with Gasteiger partial charge in [-0.1, -0.05) is 43.2 Å². The van der Waals surface area contributed by atoms with Crippen molar-refractivity contribution in [3.63, 3.8) is 0 Å². The van der Waals surface area contributed by atoms with Crippen LogP contribution in [0.2, 0.25) is 0 Å². The average molecular weight is 395 g/mol. The second-order valence-corrected chi connectivity index (χ2v) is 8.09. The van der Waals surface area contributed by atoms with Crippen molar-refractivity contribution in [2.75, 3.05) is 20.8 Å². The normalized spacial score (nSPS) is 26.5. The number of aliphatic hydroxyl groups is 1. The summed E-state index contributed by atoms with van der Waals surface area (Å²) in [5.74, 6) is 1.25. The lowest BCUT2D eigenvalue weighted by Crippen LogP contribution is -2.56. The number of piperidine rings is 1. The van der Waals surface area contributed by atoms with E-state index in [4.69, 9.17) is 9.47 Å². The van der Waals surface area contributed by atoms with Crippen molar-refractivity contribution >= 4 is 5.91 Å². The summed E-state index contributed by atoms with van der Waals surface area (Å²) in [4.78, 5) is 15.6. The van der Waals surface area contributed by atoms with Crippen LogP contribution in [-0.2, 0) is 0 Å². The average Bonchev–Trinajstić information content (AvgIpc) is 2.77. The summed E-state index contributed by atoms with van der Waals surface area (Å²) in [7, 11) is 3.24. The maximum atomic E-state index is 13.7. The molecule has 0 aromatic heterocycles. The van der Waals surface area contributed by atoms with Crippen LogP contribution >= 0.6 is 0 Å². The summed E-state index contributed by atoms with van der Waals surface area (Å²) >= 11 is 0. The highest BCUT2D eigenvalue weighted by atomic mass is 16.5. The van der Waals surface area contributed by atoms with Crippen LogP contribution in [-0.4, -0.2) is 42.3 Å². The number of methoxy groups -OCH3 is 2. The summed E-state index contributed by atoms with van der Waals surface area (Å²) in [5.41, 5.74) is 0.779. The lowest BCUT2D eigenvalue weighted by atomic mass is 9.66. The predicted molar refractivity (Wildman–Crippen MR) is 111 cm³/mol. The zero-order chi connectivity index (χ0) is 20.4. The molecule has 2 aromatic rings. The Kier molecular flexibility index (Phi) is 5.50. The van der Waals surface area contributed by atoms with Crippen LogP contribution in [0.4, 0.5) is 0 Å². The largest absolute Gasteiger partial charge is 0.496 e. The van der Waals surface area contributed by atoms with E-state index in [1.54, 1.807) is 14.2 Å². The molecule has 5 heteroatoms. The van der Waals surface area contributed by atoms with Gasteiger partial charge in [-0.3, -0.25) is 4.79 Å². The van der Waals surface area contributed by atoms with Gasteiger partial charge in [0.1, 0.15) is 11.5 Å². The number of benzene rings is 2. The molecular formula is C24H29NO4. The highest BCUT2D eigenvalue weighted by Gasteiger charge is 2.51. The van der Waals surface area contributed by atoms with Crippen LogP contribution < -0.4 is 9.47 Å². The standard InChI is InChI=1S/C24H29NO4/c1-28-20-12-5-3-9-17(20)22-19-11-7-8-14-24(19,27)15-16-25(22)23(26)18-10-4-6-13-21(18)29-2/h3-6,9-10,12-13,19,22,27H,7-8,11,14-16H2,1-2H3/t19-,22-,24+/m0/s1. The fraction of sp³-hybridized carbons (Fsp3) is 0.458. The Morgan fingerprint density at radius 2 is 1.69 bits per heavy atom. The molecular weight excluding hydrogens is 366 g/mol. The maximum Gasteiger partial charge on any atom is 0.258 e. The van der Waals surface area contributed by atoms with Gasteiger partial charge in [-0.25, -0.2) is 0 Å². The van der Waals surface area contributed by atoms with E-state index in [2.05, 4.69) is 0 Å². The molecule has 2 aliphatic rings. The summed E-state index contributed by atoms with van der Waals surface area (Å²) < 4.78 is 11.1. The minimum atomic E-state index is -0.735. The highest BCUT2D eigenvalue weighted by Crippen LogP contribution is 2.51. The molecule has 1 aliphatic carbocycles. The Hall–Kier alpha value is -2.53. The quantitative estimate of drug-likeness (QED) is 0.842. The van der Waals surface area contributed by atoms with E-state index in [9.17, 15) is 9.90 Å². The molecule has 1 N–H and O–H groups in total. The Balaban J connectivity index is 1.80. The Morgan fingerprint density at radius 3 is 2.45 bits per heavy atom. The van der Waals surface area contributed by atoms with Crippen molar-refractivity contribution in [3.8, 4) is 11.5 Å². The number of rotatable bonds is 4. The van der Waals surface area contributed by atoms with E-state index in [0.717, 1.165) is 37.0 Å². The lowest BCUT2D eigenvalue weighted by molar-refractivity contribution is -0.115. The Labute approximate surface area is 172 Å². The van der Waals surface area contributed by atoms with Crippen molar-refractivity contribution in [3.05, 3.63) is 59.7 Å². The Morgan fingerprint density at radius 1 is 1.00 bits per heavy atom. The number of carbonyl (C=O) groups excluding carboxylic acids is 1. The van der Waals surface area contributed by atoms with E-state index in [0.29, 0.717) is 24.3 Å². The molecule has 1 amide bonds. The first-order valence-electron chi connectivity index (χ1n) is 10.4. The molecule has 1 saturated heterocycles. The number of para-hydroxylation sites is 2. The number of likely N-dealkylation sites (tertiary alicyclic amines) is 1. The SMILES string of the molecule is COc1ccccc1C(=O)N1CC[C@]2(O)CCCC[C@H]2[C@@H]1c1ccccc1OC. The first-order valence-corrected chi connectivity index (χ1v) is 10.4. The molecule has 1 heterocycles. The molecule has 0 bridgehead atoms. The second kappa shape index (κ2) is 8.07. The van der Waals surface area contributed by atoms with Crippen LogP contribution in [0.25, 0.3) is 0 Å². The molecule has 2 fully saturated rings. The van der Waals surface area contributed by atoms with Gasteiger partial charge in [0.25, 0.3) is 5.91 Å². The lowest BCUT2D eigenvalue weighted by Gasteiger charge is -2.52. The van der Waals surface area contributed by atoms with E-state index in [-0.39, 0.29) is 17.9 Å². The van der Waals surface area contributed by atoms with Crippen LogP contribution in [0, 0.1) is 5.92 Å². The number of ether oxygens (including phenoxy) is 2. The third-order valence-corrected chi connectivity index (χ3v) is 6.62. The molecule has 29 heavy (non-hydrogen) atoms. The first kappa shape index (κ1) is 19.8. The highest BCUT2D eigenvalue weighted by molar-refractivity contribution is 5.97. The third-order valence-electron chi connectivity index (χ3n) is 6.62. The number of carbonyl (C=O) groups is 1. The summed E-state index contributed by atoms with van der Waals surface area (Å²) in [6, 6.07) is 15.0. The second-order valence-electron chi connectivity index (χ2n) is 8.09. The smallest absolute Gasteiger partial charge is 0.258 e. The molecule has 1 aliphatic heterocycles. The number of nitrogens with zero attached hydrogens (tertiary/aromatic N) is 1. The van der Waals surface area contributed by atoms with Crippen LogP contribution in [0.5, 0.6) is 11.5 Å². The van der Waals surface area contributed by atoms with Crippen LogP contribution in [0.15, 0.2) is 48.5 Å². The Bertz CT molecular complexity index is 883. The maximum absolute atomic E-state index is 13.7. The zero-order valence-corrected chi connectivity index (χ0v) is 17.1. The topological polar surface area (TPSA) is 59.0 Å². The molecule has 2 aromatic carbocycles. The van der Waals surface area contributed by atoms with Crippen molar-refractivity contribution in [2.24, 2.45) is 5.92 Å². The van der Waals surface area contributed by atoms with Gasteiger partial charge < -0.3 is 19.5 Å². The van der Waals surface area contributed by atoms with Gasteiger partial charge in [0.2, 0.25) is 0 Å². The number of amides is 1. The fourth-order valence-corrected chi connectivity index (χ4v) is 5.18. The number of hydrogen-bond donors (Lipinski definition) is 1. The van der Waals surface area contributed by atoms with E-state index >= 15 is 0 Å². The van der Waals surface area contributed by atoms with Crippen molar-refractivity contribution < 1.29 is 19.4 Å². The molecule has 1 saturated carbocycles. The van der Waals surface area contributed by atoms with Crippen molar-refractivity contribution in [1.82, 2.24) is 4.90 Å². The summed E-state index contributed by atoms with van der Waals surface area (Å²) in [5, 5.41) is 11.5. The van der Waals surface area contributed by atoms with Crippen LogP contribution in [0.3, 0.4) is 0 Å². The van der Waals surface area contributed by atoms with Gasteiger partial charge in [-0.2, -0.15) is 0 Å². The van der Waals surface area contributed by atoms with E-state index < -0.39 is 5.60 Å². The van der Waals surface area contributed by atoms with Gasteiger partial charge in [0.15, 0.2) is 0 Å². The van der Waals surface area contributed by atoms with E-state index in [1.165, 1.54) is 0 Å². The monoisotopic (exact) mass is 395 g/mol. The van der Waals surface area contributed by atoms with Crippen molar-refractivity contribution in [1.29, 1.82) is 0 Å². The molecule has 0 spiro atoms. The predicted octanol–water partition coefficient (Wildman–Crippen LogP) is 4.21. The molecule has 5 nitrogen and oxygen atoms in total.